The average molecular weight is 330 g/mol. The first-order chi connectivity index (χ1) is 11.6. The van der Waals surface area contributed by atoms with Gasteiger partial charge in [0, 0.05) is 49.5 Å². The maximum absolute atomic E-state index is 6.00. The second kappa shape index (κ2) is 7.51. The van der Waals surface area contributed by atoms with Gasteiger partial charge < -0.3 is 15.4 Å². The van der Waals surface area contributed by atoms with Crippen LogP contribution in [0.3, 0.4) is 0 Å². The second-order valence-electron chi connectivity index (χ2n) is 7.41. The summed E-state index contributed by atoms with van der Waals surface area (Å²) in [7, 11) is 0. The van der Waals surface area contributed by atoms with Crippen LogP contribution < -0.4 is 10.6 Å². The molecule has 0 radical (unpaired) electrons. The van der Waals surface area contributed by atoms with E-state index in [1.54, 1.807) is 0 Å². The third-order valence-electron chi connectivity index (χ3n) is 5.39. The van der Waals surface area contributed by atoms with Crippen LogP contribution in [0.5, 0.6) is 0 Å². The highest BCUT2D eigenvalue weighted by Crippen LogP contribution is 2.51. The van der Waals surface area contributed by atoms with E-state index in [0.717, 1.165) is 32.1 Å². The van der Waals surface area contributed by atoms with Crippen molar-refractivity contribution in [2.45, 2.75) is 52.2 Å². The van der Waals surface area contributed by atoms with Gasteiger partial charge in [0.15, 0.2) is 5.96 Å². The van der Waals surface area contributed by atoms with E-state index in [1.165, 1.54) is 18.4 Å². The van der Waals surface area contributed by atoms with Gasteiger partial charge in [-0.05, 0) is 43.9 Å². The number of rotatable bonds is 5. The van der Waals surface area contributed by atoms with Crippen molar-refractivity contribution >= 4 is 5.96 Å². The summed E-state index contributed by atoms with van der Waals surface area (Å²) in [5, 5.41) is 7.06. The van der Waals surface area contributed by atoms with Crippen LogP contribution in [0.15, 0.2) is 29.5 Å². The lowest BCUT2D eigenvalue weighted by Crippen LogP contribution is -2.71. The monoisotopic (exact) mass is 330 g/mol. The fourth-order valence-corrected chi connectivity index (χ4v) is 4.13. The van der Waals surface area contributed by atoms with Gasteiger partial charge in [-0.25, -0.2) is 0 Å². The predicted molar refractivity (Wildman–Crippen MR) is 97.1 cm³/mol. The largest absolute Gasteiger partial charge is 0.377 e. The van der Waals surface area contributed by atoms with E-state index in [1.807, 2.05) is 12.4 Å². The number of guanidine groups is 1. The Morgan fingerprint density at radius 1 is 1.38 bits per heavy atom. The topological polar surface area (TPSA) is 58.5 Å². The molecule has 1 aliphatic carbocycles. The van der Waals surface area contributed by atoms with Crippen molar-refractivity contribution in [1.82, 2.24) is 15.6 Å². The van der Waals surface area contributed by atoms with Crippen molar-refractivity contribution in [2.24, 2.45) is 16.3 Å². The number of nitrogens with one attached hydrogen (secondary N) is 2. The number of hydrogen-bond donors (Lipinski definition) is 2. The molecule has 1 saturated carbocycles. The number of aliphatic imine (C=N–C) groups is 1. The summed E-state index contributed by atoms with van der Waals surface area (Å²) in [5.41, 5.74) is 1.43. The first-order valence-corrected chi connectivity index (χ1v) is 9.18. The molecule has 5 nitrogen and oxygen atoms in total. The Morgan fingerprint density at radius 3 is 2.92 bits per heavy atom. The third kappa shape index (κ3) is 3.56. The minimum atomic E-state index is 0.159. The standard InChI is InChI=1S/C19H30N4O/c1-4-21-18(22-12-9-14-7-10-20-11-8-14)23-16-15-6-5-13-24-17(15)19(16,2)3/h7-8,10-11,15-17H,4-6,9,12-13H2,1-3H3,(H2,21,22,23). The highest BCUT2D eigenvalue weighted by Gasteiger charge is 2.58. The van der Waals surface area contributed by atoms with Gasteiger partial charge in [0.25, 0.3) is 0 Å². The molecule has 2 N–H and O–H groups in total. The molecule has 24 heavy (non-hydrogen) atoms. The maximum Gasteiger partial charge on any atom is 0.191 e. The summed E-state index contributed by atoms with van der Waals surface area (Å²) >= 11 is 0. The molecule has 2 heterocycles. The summed E-state index contributed by atoms with van der Waals surface area (Å²) in [5.74, 6) is 1.53. The first kappa shape index (κ1) is 17.2. The van der Waals surface area contributed by atoms with Crippen LogP contribution in [-0.4, -0.2) is 42.8 Å². The molecule has 132 valence electrons. The summed E-state index contributed by atoms with van der Waals surface area (Å²) in [6.45, 7) is 9.28. The summed E-state index contributed by atoms with van der Waals surface area (Å²) < 4.78 is 6.00. The number of hydrogen-bond acceptors (Lipinski definition) is 3. The summed E-state index contributed by atoms with van der Waals surface area (Å²) in [4.78, 5) is 8.82. The second-order valence-corrected chi connectivity index (χ2v) is 7.41. The van der Waals surface area contributed by atoms with Crippen molar-refractivity contribution in [1.29, 1.82) is 0 Å². The molecule has 1 aromatic rings. The van der Waals surface area contributed by atoms with Gasteiger partial charge in [-0.15, -0.1) is 0 Å². The summed E-state index contributed by atoms with van der Waals surface area (Å²) in [6.07, 6.45) is 7.42. The van der Waals surface area contributed by atoms with Gasteiger partial charge in [0.05, 0.1) is 6.10 Å². The quantitative estimate of drug-likeness (QED) is 0.643. The van der Waals surface area contributed by atoms with Gasteiger partial charge >= 0.3 is 0 Å². The molecule has 0 amide bonds. The van der Waals surface area contributed by atoms with Gasteiger partial charge in [0.2, 0.25) is 0 Å². The molecule has 1 aromatic heterocycles. The lowest BCUT2D eigenvalue weighted by atomic mass is 9.55. The smallest absolute Gasteiger partial charge is 0.191 e. The zero-order valence-corrected chi connectivity index (χ0v) is 15.1. The van der Waals surface area contributed by atoms with E-state index >= 15 is 0 Å². The van der Waals surface area contributed by atoms with E-state index in [9.17, 15) is 0 Å². The van der Waals surface area contributed by atoms with Crippen molar-refractivity contribution in [3.05, 3.63) is 30.1 Å². The third-order valence-corrected chi connectivity index (χ3v) is 5.39. The maximum atomic E-state index is 6.00. The Morgan fingerprint density at radius 2 is 2.17 bits per heavy atom. The molecule has 2 fully saturated rings. The van der Waals surface area contributed by atoms with E-state index in [-0.39, 0.29) is 5.41 Å². The molecule has 1 aliphatic heterocycles. The molecule has 1 saturated heterocycles. The molecule has 3 atom stereocenters. The summed E-state index contributed by atoms with van der Waals surface area (Å²) in [6, 6.07) is 4.53. The molecule has 0 aromatic carbocycles. The Bertz CT molecular complexity index is 558. The minimum absolute atomic E-state index is 0.159. The van der Waals surface area contributed by atoms with E-state index in [2.05, 4.69) is 48.5 Å². The Hall–Kier alpha value is -1.62. The fraction of sp³-hybridized carbons (Fsp3) is 0.684. The number of aromatic nitrogens is 1. The molecular formula is C19H30N4O. The van der Waals surface area contributed by atoms with Crippen LogP contribution in [0.2, 0.25) is 0 Å². The zero-order chi connectivity index (χ0) is 17.0. The molecule has 3 unspecified atom stereocenters. The minimum Gasteiger partial charge on any atom is -0.377 e. The van der Waals surface area contributed by atoms with Crippen LogP contribution in [0.4, 0.5) is 0 Å². The Labute approximate surface area is 145 Å². The van der Waals surface area contributed by atoms with E-state index in [4.69, 9.17) is 9.73 Å². The van der Waals surface area contributed by atoms with E-state index in [0.29, 0.717) is 18.1 Å². The SMILES string of the molecule is CCNC(=NCCc1ccncc1)NC1C2CCCOC2C1(C)C. The highest BCUT2D eigenvalue weighted by atomic mass is 16.5. The van der Waals surface area contributed by atoms with E-state index < -0.39 is 0 Å². The molecule has 3 rings (SSSR count). The Balaban J connectivity index is 1.60. The Kier molecular flexibility index (Phi) is 5.39. The van der Waals surface area contributed by atoms with Crippen molar-refractivity contribution in [2.75, 3.05) is 19.7 Å². The molecule has 5 heteroatoms. The predicted octanol–water partition coefficient (Wildman–Crippen LogP) is 2.38. The first-order valence-electron chi connectivity index (χ1n) is 9.18. The van der Waals surface area contributed by atoms with Crippen molar-refractivity contribution in [3.8, 4) is 0 Å². The van der Waals surface area contributed by atoms with Crippen LogP contribution in [0, 0.1) is 11.3 Å². The average Bonchev–Trinajstić information content (AvgIpc) is 2.60. The van der Waals surface area contributed by atoms with Crippen LogP contribution >= 0.6 is 0 Å². The zero-order valence-electron chi connectivity index (χ0n) is 15.1. The highest BCUT2D eigenvalue weighted by molar-refractivity contribution is 5.80. The van der Waals surface area contributed by atoms with Crippen LogP contribution in [0.1, 0.15) is 39.2 Å². The lowest BCUT2D eigenvalue weighted by molar-refractivity contribution is -0.188. The molecule has 2 aliphatic rings. The molecular weight excluding hydrogens is 300 g/mol. The molecule has 0 bridgehead atoms. The van der Waals surface area contributed by atoms with Gasteiger partial charge in [-0.3, -0.25) is 9.98 Å². The normalized spacial score (nSPS) is 28.6. The van der Waals surface area contributed by atoms with Gasteiger partial charge in [-0.1, -0.05) is 13.8 Å². The fourth-order valence-electron chi connectivity index (χ4n) is 4.13. The number of nitrogens with zero attached hydrogens (tertiary/aromatic N) is 2. The van der Waals surface area contributed by atoms with Crippen molar-refractivity contribution < 1.29 is 4.74 Å². The van der Waals surface area contributed by atoms with Gasteiger partial charge in [-0.2, -0.15) is 0 Å². The number of ether oxygens (including phenoxy) is 1. The number of pyridine rings is 1. The van der Waals surface area contributed by atoms with Crippen molar-refractivity contribution in [3.63, 3.8) is 0 Å². The molecule has 0 spiro atoms. The van der Waals surface area contributed by atoms with Crippen LogP contribution in [-0.2, 0) is 11.2 Å². The van der Waals surface area contributed by atoms with Gasteiger partial charge in [0.1, 0.15) is 0 Å². The lowest BCUT2D eigenvalue weighted by Gasteiger charge is -2.60. The number of fused-ring (bicyclic) bond motifs is 1. The van der Waals surface area contributed by atoms with Crippen LogP contribution in [0.25, 0.3) is 0 Å².